The van der Waals surface area contributed by atoms with Crippen molar-refractivity contribution in [1.82, 2.24) is 5.32 Å². The first-order valence-corrected chi connectivity index (χ1v) is 29.7. The van der Waals surface area contributed by atoms with Gasteiger partial charge >= 0.3 is 33.3 Å². The Labute approximate surface area is 496 Å². The summed E-state index contributed by atoms with van der Waals surface area (Å²) in [6.07, 6.45) is 11.5. The minimum absolute atomic E-state index is 0.0341. The number of nitrogens with two attached hydrogens (primary N) is 2. The Hall–Kier alpha value is -3.49. The molecular formula is C60H89B3Cl3N3O12. The van der Waals surface area contributed by atoms with Gasteiger partial charge in [0.05, 0.1) is 22.2 Å². The second kappa shape index (κ2) is 27.7. The number of hydrogen-bond acceptors (Lipinski definition) is 12. The first-order valence-electron chi connectivity index (χ1n) is 28.5. The number of aliphatic carboxylic acids is 2. The lowest BCUT2D eigenvalue weighted by Crippen LogP contribution is -2.69. The summed E-state index contributed by atoms with van der Waals surface area (Å²) >= 11 is 17.8. The first kappa shape index (κ1) is 68.3. The monoisotopic (exact) mass is 1180 g/mol. The minimum Gasteiger partial charge on any atom is -0.480 e. The van der Waals surface area contributed by atoms with Gasteiger partial charge < -0.3 is 61.5 Å². The third-order valence-electron chi connectivity index (χ3n) is 18.2. The van der Waals surface area contributed by atoms with Crippen molar-refractivity contribution in [2.24, 2.45) is 40.1 Å². The number of halogens is 3. The molecule has 3 aromatic carbocycles. The number of benzene rings is 3. The molecule has 446 valence electrons. The second-order valence-corrected chi connectivity index (χ2v) is 27.5. The number of allylic oxidation sites excluding steroid dienone is 1. The van der Waals surface area contributed by atoms with Crippen molar-refractivity contribution in [2.75, 3.05) is 0 Å². The molecule has 3 fully saturated rings. The molecule has 4 aliphatic rings. The Balaban J connectivity index is 0.000000229. The number of amides is 1. The van der Waals surface area contributed by atoms with Crippen LogP contribution in [0.25, 0.3) is 0 Å². The van der Waals surface area contributed by atoms with Crippen LogP contribution in [0.2, 0.25) is 34.0 Å². The molecular weight excluding hydrogens is 1090 g/mol. The van der Waals surface area contributed by atoms with Gasteiger partial charge in [0, 0.05) is 27.0 Å². The Morgan fingerprint density at radius 1 is 0.654 bits per heavy atom. The highest BCUT2D eigenvalue weighted by molar-refractivity contribution is 6.45. The van der Waals surface area contributed by atoms with Crippen molar-refractivity contribution >= 4 is 74.0 Å². The van der Waals surface area contributed by atoms with Crippen LogP contribution in [0.1, 0.15) is 150 Å². The van der Waals surface area contributed by atoms with Gasteiger partial charge in [-0.15, -0.1) is 0 Å². The molecule has 0 radical (unpaired) electrons. The molecule has 0 bridgehead atoms. The Morgan fingerprint density at radius 3 is 1.58 bits per heavy atom. The van der Waals surface area contributed by atoms with E-state index in [0.717, 1.165) is 54.6 Å². The zero-order valence-electron chi connectivity index (χ0n) is 49.0. The highest BCUT2D eigenvalue weighted by atomic mass is 35.5. The number of rotatable bonds is 18. The Kier molecular flexibility index (Phi) is 23.4. The molecule has 3 aromatic rings. The molecule has 15 nitrogen and oxygen atoms in total. The fourth-order valence-electron chi connectivity index (χ4n) is 12.2. The lowest BCUT2D eigenvalue weighted by atomic mass is 9.52. The zero-order chi connectivity index (χ0) is 60.6. The van der Waals surface area contributed by atoms with Gasteiger partial charge in [0.25, 0.3) is 0 Å². The number of hydrogen-bond donors (Lipinski definition) is 10. The van der Waals surface area contributed by atoms with Crippen LogP contribution in [-0.4, -0.2) is 108 Å². The van der Waals surface area contributed by atoms with Crippen molar-refractivity contribution in [3.8, 4) is 0 Å². The van der Waals surface area contributed by atoms with Gasteiger partial charge in [0.1, 0.15) is 11.1 Å². The highest BCUT2D eigenvalue weighted by Crippen LogP contribution is 2.56. The SMILES string of the molecule is CC(C)(C)NC(=O)C1(C)CC(CCB2OC(C)(C)C(C)(C)O2)CCC1(C)Cc1ccc(Cl)cc1.NC1(C(=O)O)CC(CCB(O)O)CC=C1Cc1ccc(Cl)cc1.NC1(C(=O)O)CC(CCB(O)O)CCC1(O)Cc1ccc(Cl)cc1. The van der Waals surface area contributed by atoms with Crippen LogP contribution in [-0.2, 0) is 43.0 Å². The maximum Gasteiger partial charge on any atom is 0.457 e. The van der Waals surface area contributed by atoms with Crippen molar-refractivity contribution in [3.05, 3.63) is 116 Å². The molecule has 0 spiro atoms. The van der Waals surface area contributed by atoms with Gasteiger partial charge in [-0.3, -0.25) is 9.59 Å². The van der Waals surface area contributed by atoms with E-state index in [0.29, 0.717) is 60.1 Å². The molecule has 81 heavy (non-hydrogen) atoms. The van der Waals surface area contributed by atoms with E-state index in [2.05, 4.69) is 79.8 Å². The van der Waals surface area contributed by atoms with Crippen LogP contribution in [0.3, 0.4) is 0 Å². The van der Waals surface area contributed by atoms with Gasteiger partial charge in [-0.1, -0.05) is 110 Å². The number of carboxylic acids is 2. The molecule has 1 saturated heterocycles. The van der Waals surface area contributed by atoms with Gasteiger partial charge in [0.2, 0.25) is 5.91 Å². The van der Waals surface area contributed by atoms with Crippen LogP contribution in [0.15, 0.2) is 84.4 Å². The van der Waals surface area contributed by atoms with E-state index in [-0.39, 0.29) is 78.9 Å². The smallest absolute Gasteiger partial charge is 0.457 e. The lowest BCUT2D eigenvalue weighted by Gasteiger charge is -2.52. The normalized spacial score (nSPS) is 28.8. The van der Waals surface area contributed by atoms with Crippen molar-refractivity contribution in [1.29, 1.82) is 0 Å². The van der Waals surface area contributed by atoms with E-state index in [1.807, 2.05) is 30.3 Å². The van der Waals surface area contributed by atoms with E-state index in [4.69, 9.17) is 75.7 Å². The standard InChI is InChI=1S/C28H45BClNO3.C16H23BClNO5.C16H21BClNO4/c1-24(2,3)31-23(32)28(9)19-21(15-17-29-33-25(4,5)26(6,7)34-29)14-16-27(28,8)18-20-10-12-22(30)13-11-20;18-13-3-1-11(2-4-13)9-15(22)7-5-12(6-8-17(23)24)10-16(15,19)14(20)21;18-14-5-2-11(3-6-14)9-13-4-1-12(7-8-17(22)23)10-16(13,19)15(20)21/h10-13,21H,14-19H2,1-9H3,(H,31,32);1-4,12,22-24H,5-10,19H2,(H,20,21);2-6,12,22-23H,1,7-10,19H2,(H,20,21). The molecule has 7 rings (SSSR count). The van der Waals surface area contributed by atoms with Crippen LogP contribution in [0.4, 0.5) is 0 Å². The molecule has 21 heteroatoms. The minimum atomic E-state index is -1.78. The maximum absolute atomic E-state index is 13.8. The van der Waals surface area contributed by atoms with Crippen LogP contribution < -0.4 is 16.8 Å². The van der Waals surface area contributed by atoms with E-state index in [1.165, 1.54) is 5.56 Å². The largest absolute Gasteiger partial charge is 0.480 e. The summed E-state index contributed by atoms with van der Waals surface area (Å²) in [6.45, 7) is 19.1. The van der Waals surface area contributed by atoms with E-state index < -0.39 is 48.3 Å². The topological polar surface area (TPSA) is 275 Å². The number of carboxylic acid groups (broad SMARTS) is 2. The first-order chi connectivity index (χ1) is 37.4. The van der Waals surface area contributed by atoms with Crippen LogP contribution >= 0.6 is 34.8 Å². The fourth-order valence-corrected chi connectivity index (χ4v) is 12.5. The molecule has 8 atom stereocenters. The molecule has 12 N–H and O–H groups in total. The van der Waals surface area contributed by atoms with E-state index in [1.54, 1.807) is 36.4 Å². The Bertz CT molecular complexity index is 2590. The molecule has 1 heterocycles. The third kappa shape index (κ3) is 18.0. The van der Waals surface area contributed by atoms with Crippen LogP contribution in [0.5, 0.6) is 0 Å². The average molecular weight is 1180 g/mol. The molecule has 3 aliphatic carbocycles. The maximum atomic E-state index is 13.8. The number of aliphatic hydroxyl groups is 1. The molecule has 1 aliphatic heterocycles. The summed E-state index contributed by atoms with van der Waals surface area (Å²) in [7, 11) is -2.97. The third-order valence-corrected chi connectivity index (χ3v) is 18.9. The number of carbonyl (C=O) groups is 3. The number of carbonyl (C=O) groups excluding carboxylic acids is 1. The predicted octanol–water partition coefficient (Wildman–Crippen LogP) is 10.0. The summed E-state index contributed by atoms with van der Waals surface area (Å²) in [6, 6.07) is 22.2. The van der Waals surface area contributed by atoms with Gasteiger partial charge in [-0.05, 0) is 213 Å². The van der Waals surface area contributed by atoms with Gasteiger partial charge in [0.15, 0.2) is 0 Å². The summed E-state index contributed by atoms with van der Waals surface area (Å²) in [4.78, 5) is 37.3. The van der Waals surface area contributed by atoms with Gasteiger partial charge in [-0.25, -0.2) is 4.79 Å². The quantitative estimate of drug-likeness (QED) is 0.0419. The average Bonchev–Trinajstić information content (AvgIpc) is 3.73. The van der Waals surface area contributed by atoms with Crippen LogP contribution in [0, 0.1) is 28.6 Å². The molecule has 0 aromatic heterocycles. The van der Waals surface area contributed by atoms with Crippen molar-refractivity contribution in [2.45, 2.75) is 205 Å². The highest BCUT2D eigenvalue weighted by Gasteiger charge is 2.58. The zero-order valence-corrected chi connectivity index (χ0v) is 51.2. The van der Waals surface area contributed by atoms with Gasteiger partial charge in [-0.2, -0.15) is 0 Å². The van der Waals surface area contributed by atoms with Crippen molar-refractivity contribution in [3.63, 3.8) is 0 Å². The second-order valence-electron chi connectivity index (χ2n) is 26.2. The Morgan fingerprint density at radius 2 is 1.11 bits per heavy atom. The predicted molar refractivity (Wildman–Crippen MR) is 324 cm³/mol. The lowest BCUT2D eigenvalue weighted by molar-refractivity contribution is -0.163. The summed E-state index contributed by atoms with van der Waals surface area (Å²) in [5, 5.41) is 71.5. The molecule has 1 amide bonds. The summed E-state index contributed by atoms with van der Waals surface area (Å²) in [5.41, 5.74) is 9.75. The summed E-state index contributed by atoms with van der Waals surface area (Å²) in [5.74, 6) is -1.70. The van der Waals surface area contributed by atoms with E-state index in [9.17, 15) is 29.7 Å². The summed E-state index contributed by atoms with van der Waals surface area (Å²) < 4.78 is 12.5. The van der Waals surface area contributed by atoms with Crippen molar-refractivity contribution < 1.29 is 59.1 Å². The van der Waals surface area contributed by atoms with E-state index >= 15 is 0 Å². The molecule has 8 unspecified atom stereocenters. The molecule has 2 saturated carbocycles. The fraction of sp³-hybridized carbons (Fsp3) is 0.617. The number of nitrogens with one attached hydrogen (secondary N) is 1.